The van der Waals surface area contributed by atoms with Crippen molar-refractivity contribution < 1.29 is 14.2 Å². The van der Waals surface area contributed by atoms with Gasteiger partial charge in [0.2, 0.25) is 11.7 Å². The Bertz CT molecular complexity index is 662. The van der Waals surface area contributed by atoms with Crippen molar-refractivity contribution in [3.05, 3.63) is 30.3 Å². The summed E-state index contributed by atoms with van der Waals surface area (Å²) < 4.78 is 0.495. The van der Waals surface area contributed by atoms with E-state index < -0.39 is 11.8 Å². The Morgan fingerprint density at radius 3 is 2.39 bits per heavy atom. The van der Waals surface area contributed by atoms with Crippen molar-refractivity contribution in [3.8, 4) is 0 Å². The van der Waals surface area contributed by atoms with Gasteiger partial charge in [0.05, 0.1) is 25.8 Å². The molecule has 1 aromatic rings. The number of aliphatic imine (C=N–C) groups is 1. The predicted octanol–water partition coefficient (Wildman–Crippen LogP) is 1.33. The van der Waals surface area contributed by atoms with E-state index in [4.69, 9.17) is 0 Å². The van der Waals surface area contributed by atoms with Gasteiger partial charge in [0.25, 0.3) is 5.91 Å². The summed E-state index contributed by atoms with van der Waals surface area (Å²) in [6.07, 6.45) is 0. The molecule has 7 heteroatoms. The fourth-order valence-electron chi connectivity index (χ4n) is 2.42. The monoisotopic (exact) mass is 316 g/mol. The molecule has 0 saturated heterocycles. The van der Waals surface area contributed by atoms with E-state index in [9.17, 15) is 9.59 Å². The standard InChI is InChI=1S/C16H21N5O2/c1-5-21(4,6-2)20(13-10-8-7-9-11-13)15-14(17-12(3)22)16(23)19-18-15/h7-11H,5-6H2,1-4H3/p+1. The normalized spacial score (nSPS) is 16.3. The third kappa shape index (κ3) is 3.29. The van der Waals surface area contributed by atoms with Crippen molar-refractivity contribution in [1.82, 2.24) is 5.43 Å². The predicted molar refractivity (Wildman–Crippen MR) is 89.9 cm³/mol. The lowest BCUT2D eigenvalue weighted by atomic mass is 10.2. The maximum absolute atomic E-state index is 12.0. The first kappa shape index (κ1) is 16.8. The number of anilines is 1. The Labute approximate surface area is 135 Å². The first-order valence-corrected chi connectivity index (χ1v) is 7.60. The molecule has 23 heavy (non-hydrogen) atoms. The summed E-state index contributed by atoms with van der Waals surface area (Å²) in [7, 11) is 2.05. The summed E-state index contributed by atoms with van der Waals surface area (Å²) >= 11 is 0. The van der Waals surface area contributed by atoms with E-state index in [1.165, 1.54) is 6.92 Å². The molecule has 0 radical (unpaired) electrons. The van der Waals surface area contributed by atoms with Crippen molar-refractivity contribution in [2.45, 2.75) is 20.8 Å². The minimum atomic E-state index is -0.463. The summed E-state index contributed by atoms with van der Waals surface area (Å²) in [5.74, 6) is -0.530. The molecule has 1 aliphatic heterocycles. The Balaban J connectivity index is 2.59. The second kappa shape index (κ2) is 6.70. The van der Waals surface area contributed by atoms with Crippen molar-refractivity contribution in [1.29, 1.82) is 0 Å². The number of para-hydroxylation sites is 1. The van der Waals surface area contributed by atoms with Gasteiger partial charge in [-0.3, -0.25) is 9.59 Å². The highest BCUT2D eigenvalue weighted by atomic mass is 16.2. The highest BCUT2D eigenvalue weighted by molar-refractivity contribution is 6.71. The van der Waals surface area contributed by atoms with Crippen LogP contribution in [0.25, 0.3) is 0 Å². The second-order valence-electron chi connectivity index (χ2n) is 5.47. The number of nitrogens with zero attached hydrogens (tertiary/aromatic N) is 4. The number of hydrogen-bond acceptors (Lipinski definition) is 4. The number of hydrogen-bond donors (Lipinski definition) is 1. The third-order valence-electron chi connectivity index (χ3n) is 4.01. The van der Waals surface area contributed by atoms with E-state index in [2.05, 4.69) is 29.4 Å². The fourth-order valence-corrected chi connectivity index (χ4v) is 2.42. The van der Waals surface area contributed by atoms with E-state index in [1.54, 1.807) is 0 Å². The molecule has 1 aromatic carbocycles. The highest BCUT2D eigenvalue weighted by Gasteiger charge is 2.40. The minimum absolute atomic E-state index is 0.0487. The zero-order valence-corrected chi connectivity index (χ0v) is 13.9. The van der Waals surface area contributed by atoms with E-state index in [1.807, 2.05) is 42.4 Å². The van der Waals surface area contributed by atoms with E-state index in [-0.39, 0.29) is 5.71 Å². The lowest BCUT2D eigenvalue weighted by Gasteiger charge is -2.42. The number of carbonyl (C=O) groups excluding carboxylic acids is 2. The van der Waals surface area contributed by atoms with E-state index >= 15 is 0 Å². The fraction of sp³-hybridized carbons (Fsp3) is 0.375. The number of quaternary nitrogens is 1. The van der Waals surface area contributed by atoms with Crippen molar-refractivity contribution in [3.63, 3.8) is 0 Å². The maximum Gasteiger partial charge on any atom is 0.294 e. The Hall–Kier alpha value is -2.54. The first-order chi connectivity index (χ1) is 10.9. The SMILES string of the molecule is CC[N+](C)(CC)N(C1=NNC(=O)C1=NC(C)=O)c1ccccc1. The van der Waals surface area contributed by atoms with Crippen LogP contribution in [0, 0.1) is 0 Å². The summed E-state index contributed by atoms with van der Waals surface area (Å²) in [5.41, 5.74) is 3.34. The van der Waals surface area contributed by atoms with E-state index in [0.29, 0.717) is 10.4 Å². The molecule has 122 valence electrons. The zero-order chi connectivity index (χ0) is 17.0. The molecule has 0 spiro atoms. The highest BCUT2D eigenvalue weighted by Crippen LogP contribution is 2.23. The Morgan fingerprint density at radius 1 is 1.26 bits per heavy atom. The Morgan fingerprint density at radius 2 is 1.87 bits per heavy atom. The maximum atomic E-state index is 12.0. The van der Waals surface area contributed by atoms with Gasteiger partial charge in [0, 0.05) is 6.92 Å². The lowest BCUT2D eigenvalue weighted by Crippen LogP contribution is -2.61. The molecule has 1 N–H and O–H groups in total. The van der Waals surface area contributed by atoms with Gasteiger partial charge in [-0.15, -0.1) is 5.10 Å². The first-order valence-electron chi connectivity index (χ1n) is 7.60. The van der Waals surface area contributed by atoms with Crippen LogP contribution in [0.1, 0.15) is 20.8 Å². The number of hydrazone groups is 1. The minimum Gasteiger partial charge on any atom is -0.273 e. The van der Waals surface area contributed by atoms with Crippen LogP contribution in [-0.4, -0.2) is 48.1 Å². The molecule has 2 rings (SSSR count). The van der Waals surface area contributed by atoms with Gasteiger partial charge < -0.3 is 0 Å². The van der Waals surface area contributed by atoms with Crippen LogP contribution in [0.3, 0.4) is 0 Å². The third-order valence-corrected chi connectivity index (χ3v) is 4.01. The van der Waals surface area contributed by atoms with Crippen molar-refractivity contribution in [2.75, 3.05) is 25.1 Å². The van der Waals surface area contributed by atoms with Crippen LogP contribution in [-0.2, 0) is 9.59 Å². The van der Waals surface area contributed by atoms with Gasteiger partial charge in [-0.2, -0.15) is 5.01 Å². The van der Waals surface area contributed by atoms with Crippen LogP contribution < -0.4 is 10.4 Å². The van der Waals surface area contributed by atoms with Crippen molar-refractivity contribution in [2.24, 2.45) is 10.1 Å². The Kier molecular flexibility index (Phi) is 4.90. The zero-order valence-electron chi connectivity index (χ0n) is 13.9. The summed E-state index contributed by atoms with van der Waals surface area (Å²) in [6.45, 7) is 7.01. The molecule has 0 saturated carbocycles. The molecule has 0 aliphatic carbocycles. The average Bonchev–Trinajstić information content (AvgIpc) is 2.89. The van der Waals surface area contributed by atoms with Crippen molar-refractivity contribution >= 4 is 29.0 Å². The van der Waals surface area contributed by atoms with E-state index in [0.717, 1.165) is 18.8 Å². The number of benzene rings is 1. The van der Waals surface area contributed by atoms with Gasteiger partial charge in [-0.05, 0) is 26.0 Å². The largest absolute Gasteiger partial charge is 0.294 e. The second-order valence-corrected chi connectivity index (χ2v) is 5.47. The summed E-state index contributed by atoms with van der Waals surface area (Å²) in [4.78, 5) is 27.3. The number of amidine groups is 1. The molecular weight excluding hydrogens is 294 g/mol. The van der Waals surface area contributed by atoms with Gasteiger partial charge in [-0.1, -0.05) is 18.2 Å². The number of amides is 2. The van der Waals surface area contributed by atoms with Crippen LogP contribution in [0.4, 0.5) is 5.69 Å². The van der Waals surface area contributed by atoms with Crippen LogP contribution in [0.15, 0.2) is 40.4 Å². The molecule has 0 aromatic heterocycles. The van der Waals surface area contributed by atoms with Gasteiger partial charge in [0.1, 0.15) is 0 Å². The molecule has 0 atom stereocenters. The average molecular weight is 316 g/mol. The quantitative estimate of drug-likeness (QED) is 0.672. The molecule has 0 fully saturated rings. The number of carbonyl (C=O) groups is 2. The van der Waals surface area contributed by atoms with Crippen LogP contribution >= 0.6 is 0 Å². The van der Waals surface area contributed by atoms with Crippen LogP contribution in [0.2, 0.25) is 0 Å². The molecule has 0 bridgehead atoms. The van der Waals surface area contributed by atoms with Gasteiger partial charge in [-0.25, -0.2) is 15.0 Å². The molecule has 1 heterocycles. The van der Waals surface area contributed by atoms with Gasteiger partial charge >= 0.3 is 0 Å². The summed E-state index contributed by atoms with van der Waals surface area (Å²) in [6, 6.07) is 9.65. The molecule has 1 aliphatic rings. The number of nitrogens with one attached hydrogen (secondary N) is 1. The molecular formula is C16H22N5O2+. The summed E-state index contributed by atoms with van der Waals surface area (Å²) in [5, 5.41) is 6.06. The smallest absolute Gasteiger partial charge is 0.273 e. The number of rotatable bonds is 4. The topological polar surface area (TPSA) is 74.1 Å². The molecule has 2 amide bonds. The molecule has 7 nitrogen and oxygen atoms in total. The van der Waals surface area contributed by atoms with Gasteiger partial charge in [0.15, 0.2) is 5.71 Å². The molecule has 0 unspecified atom stereocenters. The lowest BCUT2D eigenvalue weighted by molar-refractivity contribution is -0.906. The van der Waals surface area contributed by atoms with Crippen LogP contribution in [0.5, 0.6) is 0 Å².